The molecule has 0 saturated heterocycles. The molecular weight excluding hydrogens is 226 g/mol. The molecule has 0 fully saturated rings. The third-order valence-corrected chi connectivity index (χ3v) is 2.71. The van der Waals surface area contributed by atoms with E-state index >= 15 is 0 Å². The highest BCUT2D eigenvalue weighted by molar-refractivity contribution is 5.42. The molecule has 2 heterocycles. The van der Waals surface area contributed by atoms with Gasteiger partial charge < -0.3 is 10.2 Å². The van der Waals surface area contributed by atoms with Crippen molar-refractivity contribution >= 4 is 11.6 Å². The van der Waals surface area contributed by atoms with Crippen LogP contribution in [-0.4, -0.2) is 46.7 Å². The molecule has 0 aliphatic carbocycles. The van der Waals surface area contributed by atoms with Crippen molar-refractivity contribution in [2.24, 2.45) is 5.41 Å². The summed E-state index contributed by atoms with van der Waals surface area (Å²) < 4.78 is 1.78. The Kier molecular flexibility index (Phi) is 3.52. The van der Waals surface area contributed by atoms with Crippen LogP contribution >= 0.6 is 0 Å². The van der Waals surface area contributed by atoms with Crippen LogP contribution < -0.4 is 5.32 Å². The van der Waals surface area contributed by atoms with Gasteiger partial charge in [-0.25, -0.2) is 4.52 Å². The third-order valence-electron chi connectivity index (χ3n) is 2.71. The van der Waals surface area contributed by atoms with Crippen molar-refractivity contribution in [3.05, 3.63) is 24.4 Å². The van der Waals surface area contributed by atoms with E-state index < -0.39 is 0 Å². The Morgan fingerprint density at radius 3 is 2.78 bits per heavy atom. The molecule has 0 spiro atoms. The monoisotopic (exact) mass is 247 g/mol. The Morgan fingerprint density at radius 2 is 2.11 bits per heavy atom. The van der Waals surface area contributed by atoms with Gasteiger partial charge in [0.05, 0.1) is 0 Å². The molecule has 5 nitrogen and oxygen atoms in total. The van der Waals surface area contributed by atoms with Gasteiger partial charge in [0.25, 0.3) is 0 Å². The van der Waals surface area contributed by atoms with E-state index in [9.17, 15) is 0 Å². The largest absolute Gasteiger partial charge is 0.352 e. The maximum absolute atomic E-state index is 4.42. The fourth-order valence-electron chi connectivity index (χ4n) is 2.14. The van der Waals surface area contributed by atoms with Crippen LogP contribution in [0.25, 0.3) is 5.65 Å². The van der Waals surface area contributed by atoms with Crippen molar-refractivity contribution in [2.45, 2.75) is 13.8 Å². The van der Waals surface area contributed by atoms with E-state index in [1.807, 2.05) is 24.4 Å². The van der Waals surface area contributed by atoms with Crippen molar-refractivity contribution in [3.63, 3.8) is 0 Å². The molecule has 5 heteroatoms. The summed E-state index contributed by atoms with van der Waals surface area (Å²) in [5.74, 6) is 0.688. The minimum Gasteiger partial charge on any atom is -0.352 e. The maximum Gasteiger partial charge on any atom is 0.243 e. The second-order valence-electron chi connectivity index (χ2n) is 5.69. The highest BCUT2D eigenvalue weighted by Crippen LogP contribution is 2.16. The number of pyridine rings is 1. The zero-order valence-corrected chi connectivity index (χ0v) is 11.5. The van der Waals surface area contributed by atoms with Gasteiger partial charge in [0, 0.05) is 19.3 Å². The molecule has 0 bridgehead atoms. The van der Waals surface area contributed by atoms with Gasteiger partial charge in [0.1, 0.15) is 0 Å². The standard InChI is InChI=1S/C13H21N5/c1-13(2,10-17(3)4)9-14-12-15-11-7-5-6-8-18(11)16-12/h5-8H,9-10H2,1-4H3,(H,14,16). The zero-order chi connectivity index (χ0) is 13.2. The first kappa shape index (κ1) is 12.8. The lowest BCUT2D eigenvalue weighted by Crippen LogP contribution is -2.34. The summed E-state index contributed by atoms with van der Waals surface area (Å²) in [6, 6.07) is 5.86. The van der Waals surface area contributed by atoms with E-state index in [0.29, 0.717) is 5.95 Å². The van der Waals surface area contributed by atoms with Crippen molar-refractivity contribution in [3.8, 4) is 0 Å². The van der Waals surface area contributed by atoms with Gasteiger partial charge in [-0.1, -0.05) is 19.9 Å². The van der Waals surface area contributed by atoms with Crippen LogP contribution in [-0.2, 0) is 0 Å². The summed E-state index contributed by atoms with van der Waals surface area (Å²) in [4.78, 5) is 6.62. The second-order valence-corrected chi connectivity index (χ2v) is 5.69. The van der Waals surface area contributed by atoms with E-state index in [4.69, 9.17) is 0 Å². The highest BCUT2D eigenvalue weighted by Gasteiger charge is 2.19. The number of fused-ring (bicyclic) bond motifs is 1. The summed E-state index contributed by atoms with van der Waals surface area (Å²) in [5, 5.41) is 7.69. The number of nitrogens with one attached hydrogen (secondary N) is 1. The number of anilines is 1. The summed E-state index contributed by atoms with van der Waals surface area (Å²) in [6.45, 7) is 6.33. The molecule has 0 saturated carbocycles. The number of nitrogens with zero attached hydrogens (tertiary/aromatic N) is 4. The average Bonchev–Trinajstić information content (AvgIpc) is 2.67. The van der Waals surface area contributed by atoms with E-state index in [-0.39, 0.29) is 5.41 Å². The normalized spacial score (nSPS) is 12.3. The fourth-order valence-corrected chi connectivity index (χ4v) is 2.14. The predicted molar refractivity (Wildman–Crippen MR) is 73.8 cm³/mol. The SMILES string of the molecule is CN(C)CC(C)(C)CNc1nc2ccccn2n1. The molecule has 0 unspecified atom stereocenters. The Balaban J connectivity index is 2.01. The van der Waals surface area contributed by atoms with Crippen molar-refractivity contribution in [1.82, 2.24) is 19.5 Å². The molecule has 0 atom stereocenters. The Morgan fingerprint density at radius 1 is 1.33 bits per heavy atom. The van der Waals surface area contributed by atoms with E-state index in [1.54, 1.807) is 4.52 Å². The lowest BCUT2D eigenvalue weighted by molar-refractivity contribution is 0.254. The Labute approximate surface area is 108 Å². The van der Waals surface area contributed by atoms with E-state index in [0.717, 1.165) is 18.7 Å². The van der Waals surface area contributed by atoms with Crippen LogP contribution in [0.5, 0.6) is 0 Å². The van der Waals surface area contributed by atoms with Crippen LogP contribution in [0.15, 0.2) is 24.4 Å². The Bertz CT molecular complexity index is 482. The summed E-state index contributed by atoms with van der Waals surface area (Å²) in [7, 11) is 4.18. The molecule has 1 N–H and O–H groups in total. The number of hydrogen-bond acceptors (Lipinski definition) is 4. The first-order chi connectivity index (χ1) is 8.46. The molecule has 0 amide bonds. The molecule has 98 valence electrons. The number of hydrogen-bond donors (Lipinski definition) is 1. The van der Waals surface area contributed by atoms with Crippen molar-refractivity contribution in [1.29, 1.82) is 0 Å². The van der Waals surface area contributed by atoms with Gasteiger partial charge in [0.15, 0.2) is 5.65 Å². The van der Waals surface area contributed by atoms with E-state index in [2.05, 4.69) is 48.2 Å². The van der Waals surface area contributed by atoms with Crippen LogP contribution in [0.2, 0.25) is 0 Å². The molecule has 2 rings (SSSR count). The fraction of sp³-hybridized carbons (Fsp3) is 0.538. The molecule has 0 aromatic carbocycles. The van der Waals surface area contributed by atoms with Crippen molar-refractivity contribution < 1.29 is 0 Å². The van der Waals surface area contributed by atoms with Gasteiger partial charge in [-0.2, -0.15) is 4.98 Å². The van der Waals surface area contributed by atoms with Crippen molar-refractivity contribution in [2.75, 3.05) is 32.5 Å². The quantitative estimate of drug-likeness (QED) is 0.874. The predicted octanol–water partition coefficient (Wildman–Crippen LogP) is 1.73. The Hall–Kier alpha value is -1.62. The molecule has 2 aromatic heterocycles. The minimum absolute atomic E-state index is 0.182. The lowest BCUT2D eigenvalue weighted by Gasteiger charge is -2.28. The summed E-state index contributed by atoms with van der Waals surface area (Å²) >= 11 is 0. The van der Waals surface area contributed by atoms with Crippen LogP contribution in [0.1, 0.15) is 13.8 Å². The minimum atomic E-state index is 0.182. The molecule has 18 heavy (non-hydrogen) atoms. The van der Waals surface area contributed by atoms with Gasteiger partial charge in [-0.05, 0) is 31.6 Å². The first-order valence-electron chi connectivity index (χ1n) is 6.16. The van der Waals surface area contributed by atoms with Gasteiger partial charge in [-0.3, -0.25) is 0 Å². The molecular formula is C13H21N5. The smallest absolute Gasteiger partial charge is 0.243 e. The molecule has 0 radical (unpaired) electrons. The van der Waals surface area contributed by atoms with Gasteiger partial charge in [0.2, 0.25) is 5.95 Å². The molecule has 2 aromatic rings. The van der Waals surface area contributed by atoms with Crippen LogP contribution in [0, 0.1) is 5.41 Å². The molecule has 0 aliphatic rings. The van der Waals surface area contributed by atoms with Crippen LogP contribution in [0.3, 0.4) is 0 Å². The second kappa shape index (κ2) is 4.94. The maximum atomic E-state index is 4.42. The van der Waals surface area contributed by atoms with E-state index in [1.165, 1.54) is 0 Å². The average molecular weight is 247 g/mol. The first-order valence-corrected chi connectivity index (χ1v) is 6.16. The van der Waals surface area contributed by atoms with Crippen LogP contribution in [0.4, 0.5) is 5.95 Å². The van der Waals surface area contributed by atoms with Gasteiger partial charge >= 0.3 is 0 Å². The summed E-state index contributed by atoms with van der Waals surface area (Å²) in [5.41, 5.74) is 1.05. The zero-order valence-electron chi connectivity index (χ0n) is 11.5. The lowest BCUT2D eigenvalue weighted by atomic mass is 9.93. The summed E-state index contributed by atoms with van der Waals surface area (Å²) in [6.07, 6.45) is 1.90. The highest BCUT2D eigenvalue weighted by atomic mass is 15.3. The molecule has 0 aliphatic heterocycles. The number of aromatic nitrogens is 3. The van der Waals surface area contributed by atoms with Gasteiger partial charge in [-0.15, -0.1) is 5.10 Å². The number of rotatable bonds is 5. The topological polar surface area (TPSA) is 45.5 Å². The third kappa shape index (κ3) is 3.20.